The number of ether oxygens (including phenoxy) is 1. The molecule has 0 aromatic heterocycles. The Morgan fingerprint density at radius 1 is 1.22 bits per heavy atom. The lowest BCUT2D eigenvalue weighted by Crippen LogP contribution is -2.02. The summed E-state index contributed by atoms with van der Waals surface area (Å²) in [5, 5.41) is 16.0. The lowest BCUT2D eigenvalue weighted by atomic mass is 10.4. The van der Waals surface area contributed by atoms with Gasteiger partial charge in [0.15, 0.2) is 0 Å². The third-order valence-corrected chi connectivity index (χ3v) is 1.42. The number of carbonyl (C=O) groups excluding carboxylic acids is 1. The Kier molecular flexibility index (Phi) is 13.1. The Balaban J connectivity index is 0. The Morgan fingerprint density at radius 3 is 2.17 bits per heavy atom. The van der Waals surface area contributed by atoms with Crippen molar-refractivity contribution in [2.24, 2.45) is 0 Å². The highest BCUT2D eigenvalue weighted by molar-refractivity contribution is 5.90. The zero-order valence-corrected chi connectivity index (χ0v) is 10.3. The van der Waals surface area contributed by atoms with Crippen molar-refractivity contribution in [1.82, 2.24) is 0 Å². The molecule has 0 aromatic carbocycles. The molecule has 2 N–H and O–H groups in total. The first-order valence-electron chi connectivity index (χ1n) is 5.34. The number of carboxylic acid groups (broad SMARTS) is 2. The number of unbranched alkanes of at least 4 members (excludes halogenated alkanes) is 1. The van der Waals surface area contributed by atoms with E-state index in [1.165, 1.54) is 6.08 Å². The maximum absolute atomic E-state index is 10.6. The molecular formula is C12H18O6. The van der Waals surface area contributed by atoms with E-state index in [1.54, 1.807) is 0 Å². The van der Waals surface area contributed by atoms with Gasteiger partial charge in [-0.15, -0.1) is 6.58 Å². The van der Waals surface area contributed by atoms with Gasteiger partial charge < -0.3 is 14.9 Å². The standard InChI is InChI=1S/C8H12O4.C4H6O2/c1-2-3-6-12-8(11)5-4-7(9)10;1-2-3-4(5)6/h4-5H,2-3,6H2,1H3,(H,9,10);2H,1,3H2,(H,5,6)/b5-4-;. The molecule has 0 heterocycles. The third kappa shape index (κ3) is 19.5. The van der Waals surface area contributed by atoms with Gasteiger partial charge in [0, 0.05) is 12.2 Å². The number of carbonyl (C=O) groups is 3. The van der Waals surface area contributed by atoms with Crippen molar-refractivity contribution in [3.05, 3.63) is 24.8 Å². The monoisotopic (exact) mass is 258 g/mol. The van der Waals surface area contributed by atoms with Crippen LogP contribution in [0.3, 0.4) is 0 Å². The van der Waals surface area contributed by atoms with Crippen molar-refractivity contribution < 1.29 is 29.3 Å². The van der Waals surface area contributed by atoms with Crippen LogP contribution in [0, 0.1) is 0 Å². The number of aliphatic carboxylic acids is 2. The maximum atomic E-state index is 10.6. The Bertz CT molecular complexity index is 306. The van der Waals surface area contributed by atoms with E-state index in [4.69, 9.17) is 10.2 Å². The van der Waals surface area contributed by atoms with Crippen LogP contribution in [0.2, 0.25) is 0 Å². The molecule has 0 unspecified atom stereocenters. The minimum Gasteiger partial charge on any atom is -0.481 e. The second-order valence-corrected chi connectivity index (χ2v) is 3.08. The average molecular weight is 258 g/mol. The molecule has 18 heavy (non-hydrogen) atoms. The molecule has 0 fully saturated rings. The molecule has 0 atom stereocenters. The van der Waals surface area contributed by atoms with Crippen LogP contribution in [-0.2, 0) is 19.1 Å². The average Bonchev–Trinajstić information content (AvgIpc) is 2.27. The minimum absolute atomic E-state index is 0.0556. The molecule has 0 rings (SSSR count). The first kappa shape index (κ1) is 18.3. The number of carboxylic acids is 2. The van der Waals surface area contributed by atoms with E-state index >= 15 is 0 Å². The number of rotatable bonds is 7. The highest BCUT2D eigenvalue weighted by Crippen LogP contribution is 1.89. The predicted octanol–water partition coefficient (Wildman–Crippen LogP) is 1.62. The van der Waals surface area contributed by atoms with Gasteiger partial charge in [-0.05, 0) is 6.42 Å². The molecule has 0 aliphatic heterocycles. The van der Waals surface area contributed by atoms with Crippen molar-refractivity contribution in [3.8, 4) is 0 Å². The van der Waals surface area contributed by atoms with Crippen molar-refractivity contribution >= 4 is 17.9 Å². The quantitative estimate of drug-likeness (QED) is 0.311. The largest absolute Gasteiger partial charge is 0.481 e. The molecule has 0 radical (unpaired) electrons. The van der Waals surface area contributed by atoms with E-state index in [1.807, 2.05) is 6.92 Å². The summed E-state index contributed by atoms with van der Waals surface area (Å²) in [5.74, 6) is -2.58. The maximum Gasteiger partial charge on any atom is 0.331 e. The summed E-state index contributed by atoms with van der Waals surface area (Å²) in [5.41, 5.74) is 0. The van der Waals surface area contributed by atoms with Crippen LogP contribution >= 0.6 is 0 Å². The fourth-order valence-corrected chi connectivity index (χ4v) is 0.628. The van der Waals surface area contributed by atoms with E-state index < -0.39 is 17.9 Å². The molecule has 0 saturated carbocycles. The summed E-state index contributed by atoms with van der Waals surface area (Å²) in [4.78, 5) is 30.1. The smallest absolute Gasteiger partial charge is 0.331 e. The summed E-state index contributed by atoms with van der Waals surface area (Å²) in [6.45, 7) is 5.54. The van der Waals surface area contributed by atoms with Crippen molar-refractivity contribution in [3.63, 3.8) is 0 Å². The lowest BCUT2D eigenvalue weighted by Gasteiger charge is -1.97. The van der Waals surface area contributed by atoms with Crippen molar-refractivity contribution in [2.45, 2.75) is 26.2 Å². The third-order valence-electron chi connectivity index (χ3n) is 1.42. The fourth-order valence-electron chi connectivity index (χ4n) is 0.628. The molecule has 0 aromatic rings. The summed E-state index contributed by atoms with van der Waals surface area (Å²) >= 11 is 0. The highest BCUT2D eigenvalue weighted by atomic mass is 16.5. The topological polar surface area (TPSA) is 101 Å². The van der Waals surface area contributed by atoms with Crippen LogP contribution in [0.4, 0.5) is 0 Å². The molecule has 0 bridgehead atoms. The van der Waals surface area contributed by atoms with Crippen LogP contribution in [0.15, 0.2) is 24.8 Å². The van der Waals surface area contributed by atoms with Gasteiger partial charge in [0.25, 0.3) is 0 Å². The van der Waals surface area contributed by atoms with Gasteiger partial charge >= 0.3 is 17.9 Å². The van der Waals surface area contributed by atoms with E-state index in [2.05, 4.69) is 11.3 Å². The van der Waals surface area contributed by atoms with Crippen LogP contribution in [0.5, 0.6) is 0 Å². The van der Waals surface area contributed by atoms with E-state index in [9.17, 15) is 14.4 Å². The second-order valence-electron chi connectivity index (χ2n) is 3.08. The van der Waals surface area contributed by atoms with Crippen molar-refractivity contribution in [1.29, 1.82) is 0 Å². The van der Waals surface area contributed by atoms with Gasteiger partial charge in [-0.1, -0.05) is 19.4 Å². The van der Waals surface area contributed by atoms with Crippen LogP contribution < -0.4 is 0 Å². The van der Waals surface area contributed by atoms with E-state index in [0.717, 1.165) is 25.0 Å². The number of hydrogen-bond acceptors (Lipinski definition) is 4. The Labute approximate surface area is 106 Å². The summed E-state index contributed by atoms with van der Waals surface area (Å²) in [6, 6.07) is 0. The molecular weight excluding hydrogens is 240 g/mol. The lowest BCUT2D eigenvalue weighted by molar-refractivity contribution is -0.139. The van der Waals surface area contributed by atoms with Gasteiger partial charge in [-0.25, -0.2) is 9.59 Å². The first-order chi connectivity index (χ1) is 8.43. The Morgan fingerprint density at radius 2 is 1.83 bits per heavy atom. The number of esters is 1. The number of hydrogen-bond donors (Lipinski definition) is 2. The zero-order valence-electron chi connectivity index (χ0n) is 10.3. The summed E-state index contributed by atoms with van der Waals surface area (Å²) in [7, 11) is 0. The molecule has 6 nitrogen and oxygen atoms in total. The molecule has 0 amide bonds. The fraction of sp³-hybridized carbons (Fsp3) is 0.417. The minimum atomic E-state index is -1.15. The van der Waals surface area contributed by atoms with Gasteiger partial charge in [-0.2, -0.15) is 0 Å². The van der Waals surface area contributed by atoms with Gasteiger partial charge in [0.05, 0.1) is 13.0 Å². The van der Waals surface area contributed by atoms with E-state index in [0.29, 0.717) is 6.61 Å². The molecule has 102 valence electrons. The van der Waals surface area contributed by atoms with Crippen LogP contribution in [0.25, 0.3) is 0 Å². The highest BCUT2D eigenvalue weighted by Gasteiger charge is 1.96. The molecule has 0 saturated heterocycles. The van der Waals surface area contributed by atoms with Gasteiger partial charge in [0.2, 0.25) is 0 Å². The molecule has 6 heteroatoms. The molecule has 0 aliphatic rings. The summed E-state index contributed by atoms with van der Waals surface area (Å²) in [6.07, 6.45) is 4.80. The van der Waals surface area contributed by atoms with Gasteiger partial charge in [-0.3, -0.25) is 4.79 Å². The SMILES string of the molecule is C=CCC(=O)O.CCCCOC(=O)/C=C\C(=O)O. The normalized spacial score (nSPS) is 9.17. The molecule has 0 aliphatic carbocycles. The molecule has 0 spiro atoms. The summed E-state index contributed by atoms with van der Waals surface area (Å²) < 4.78 is 4.64. The first-order valence-corrected chi connectivity index (χ1v) is 5.34. The Hall–Kier alpha value is -2.11. The predicted molar refractivity (Wildman–Crippen MR) is 65.1 cm³/mol. The van der Waals surface area contributed by atoms with Crippen LogP contribution in [-0.4, -0.2) is 34.7 Å². The zero-order chi connectivity index (χ0) is 14.4. The second kappa shape index (κ2) is 13.0. The van der Waals surface area contributed by atoms with Crippen LogP contribution in [0.1, 0.15) is 26.2 Å². The van der Waals surface area contributed by atoms with Gasteiger partial charge in [0.1, 0.15) is 0 Å². The van der Waals surface area contributed by atoms with Crippen molar-refractivity contribution in [2.75, 3.05) is 6.61 Å². The van der Waals surface area contributed by atoms with E-state index in [-0.39, 0.29) is 6.42 Å².